The number of halogens is 2. The van der Waals surface area contributed by atoms with Gasteiger partial charge in [-0.1, -0.05) is 29.3 Å². The van der Waals surface area contributed by atoms with Crippen LogP contribution in [0.4, 0.5) is 0 Å². The van der Waals surface area contributed by atoms with Crippen molar-refractivity contribution in [3.8, 4) is 0 Å². The maximum atomic E-state index is 12.2. The second-order valence-electron chi connectivity index (χ2n) is 4.76. The number of benzene rings is 1. The number of hydrogen-bond acceptors (Lipinski definition) is 5. The highest BCUT2D eigenvalue weighted by atomic mass is 35.5. The highest BCUT2D eigenvalue weighted by molar-refractivity contribution is 7.21. The van der Waals surface area contributed by atoms with Gasteiger partial charge in [0.25, 0.3) is 0 Å². The van der Waals surface area contributed by atoms with Gasteiger partial charge in [-0.2, -0.15) is 0 Å². The predicted molar refractivity (Wildman–Crippen MR) is 81.2 cm³/mol. The Morgan fingerprint density at radius 3 is 2.86 bits per heavy atom. The molecule has 0 saturated carbocycles. The van der Waals surface area contributed by atoms with E-state index in [0.29, 0.717) is 16.5 Å². The molecule has 1 aromatic carbocycles. The van der Waals surface area contributed by atoms with Crippen LogP contribution < -0.4 is 0 Å². The van der Waals surface area contributed by atoms with Crippen molar-refractivity contribution in [3.05, 3.63) is 33.1 Å². The summed E-state index contributed by atoms with van der Waals surface area (Å²) in [5.74, 6) is -1.13. The predicted octanol–water partition coefficient (Wildman–Crippen LogP) is 4.07. The Balaban J connectivity index is 1.88. The zero-order valence-corrected chi connectivity index (χ0v) is 13.2. The summed E-state index contributed by atoms with van der Waals surface area (Å²) in [6, 6.07) is 5.18. The van der Waals surface area contributed by atoms with E-state index in [2.05, 4.69) is 0 Å². The molecule has 1 saturated heterocycles. The van der Waals surface area contributed by atoms with Crippen molar-refractivity contribution in [1.29, 1.82) is 0 Å². The molecule has 0 amide bonds. The number of thiophene rings is 1. The lowest BCUT2D eigenvalue weighted by atomic mass is 10.2. The van der Waals surface area contributed by atoms with E-state index in [9.17, 15) is 9.59 Å². The number of rotatable bonds is 2. The molecule has 2 atom stereocenters. The van der Waals surface area contributed by atoms with Crippen molar-refractivity contribution in [2.75, 3.05) is 0 Å². The van der Waals surface area contributed by atoms with Crippen LogP contribution in [-0.2, 0) is 14.3 Å². The van der Waals surface area contributed by atoms with E-state index in [1.54, 1.807) is 25.1 Å². The summed E-state index contributed by atoms with van der Waals surface area (Å²) < 4.78 is 10.9. The Morgan fingerprint density at radius 2 is 2.19 bits per heavy atom. The molecule has 21 heavy (non-hydrogen) atoms. The molecular weight excluding hydrogens is 335 g/mol. The van der Waals surface area contributed by atoms with Crippen molar-refractivity contribution in [2.24, 2.45) is 0 Å². The maximum absolute atomic E-state index is 12.2. The normalized spacial score (nSPS) is 21.6. The lowest BCUT2D eigenvalue weighted by Crippen LogP contribution is -2.22. The van der Waals surface area contributed by atoms with Crippen LogP contribution in [0.2, 0.25) is 10.0 Å². The molecule has 110 valence electrons. The molecule has 0 radical (unpaired) electrons. The summed E-state index contributed by atoms with van der Waals surface area (Å²) >= 11 is 13.3. The molecule has 1 fully saturated rings. The van der Waals surface area contributed by atoms with Crippen molar-refractivity contribution < 1.29 is 19.1 Å². The first-order valence-electron chi connectivity index (χ1n) is 6.24. The highest BCUT2D eigenvalue weighted by Crippen LogP contribution is 2.37. The van der Waals surface area contributed by atoms with Gasteiger partial charge in [0.2, 0.25) is 6.10 Å². The minimum Gasteiger partial charge on any atom is -0.460 e. The number of fused-ring (bicyclic) bond motifs is 1. The van der Waals surface area contributed by atoms with Gasteiger partial charge in [-0.3, -0.25) is 0 Å². The van der Waals surface area contributed by atoms with E-state index in [-0.39, 0.29) is 11.0 Å². The van der Waals surface area contributed by atoms with Gasteiger partial charge in [0.05, 0.1) is 5.02 Å². The molecule has 1 aliphatic heterocycles. The molecule has 3 rings (SSSR count). The smallest absolute Gasteiger partial charge is 0.350 e. The third-order valence-corrected chi connectivity index (χ3v) is 5.02. The van der Waals surface area contributed by atoms with E-state index in [0.717, 1.165) is 10.1 Å². The van der Waals surface area contributed by atoms with Crippen LogP contribution in [-0.4, -0.2) is 24.1 Å². The average Bonchev–Trinajstić information content (AvgIpc) is 2.90. The fourth-order valence-corrected chi connectivity index (χ4v) is 3.84. The van der Waals surface area contributed by atoms with E-state index in [1.807, 2.05) is 0 Å². The minimum atomic E-state index is -0.864. The molecule has 2 aromatic rings. The van der Waals surface area contributed by atoms with Crippen LogP contribution in [0.3, 0.4) is 0 Å². The Kier molecular flexibility index (Phi) is 3.82. The van der Waals surface area contributed by atoms with Crippen molar-refractivity contribution in [2.45, 2.75) is 25.6 Å². The molecule has 1 aliphatic rings. The third-order valence-electron chi connectivity index (χ3n) is 3.15. The third kappa shape index (κ3) is 2.73. The van der Waals surface area contributed by atoms with Crippen LogP contribution in [0.5, 0.6) is 0 Å². The summed E-state index contributed by atoms with van der Waals surface area (Å²) in [5, 5.41) is 1.62. The molecule has 2 heterocycles. The number of esters is 2. The van der Waals surface area contributed by atoms with E-state index in [1.165, 1.54) is 11.3 Å². The van der Waals surface area contributed by atoms with Gasteiger partial charge in [-0.25, -0.2) is 9.59 Å². The van der Waals surface area contributed by atoms with E-state index < -0.39 is 18.0 Å². The Bertz CT molecular complexity index is 740. The van der Waals surface area contributed by atoms with Crippen LogP contribution in [0.25, 0.3) is 10.1 Å². The maximum Gasteiger partial charge on any atom is 0.350 e. The van der Waals surface area contributed by atoms with Crippen molar-refractivity contribution in [3.63, 3.8) is 0 Å². The zero-order valence-electron chi connectivity index (χ0n) is 10.9. The van der Waals surface area contributed by atoms with Crippen molar-refractivity contribution >= 4 is 56.6 Å². The molecule has 0 bridgehead atoms. The van der Waals surface area contributed by atoms with Gasteiger partial charge in [0.15, 0.2) is 0 Å². The number of hydrogen-bond donors (Lipinski definition) is 0. The Labute approximate surface area is 134 Å². The fraction of sp³-hybridized carbons (Fsp3) is 0.286. The summed E-state index contributed by atoms with van der Waals surface area (Å²) in [7, 11) is 0. The second-order valence-corrected chi connectivity index (χ2v) is 6.63. The number of carbonyl (C=O) groups is 2. The Morgan fingerprint density at radius 1 is 1.43 bits per heavy atom. The largest absolute Gasteiger partial charge is 0.460 e. The van der Waals surface area contributed by atoms with Crippen LogP contribution in [0, 0.1) is 0 Å². The van der Waals surface area contributed by atoms with Gasteiger partial charge in [0.1, 0.15) is 11.0 Å². The van der Waals surface area contributed by atoms with Crippen LogP contribution >= 0.6 is 34.5 Å². The quantitative estimate of drug-likeness (QED) is 0.770. The van der Waals surface area contributed by atoms with Gasteiger partial charge >= 0.3 is 11.9 Å². The summed E-state index contributed by atoms with van der Waals surface area (Å²) in [4.78, 5) is 24.0. The summed E-state index contributed by atoms with van der Waals surface area (Å²) in [6.45, 7) is 1.75. The number of carbonyl (C=O) groups excluding carboxylic acids is 2. The van der Waals surface area contributed by atoms with Crippen LogP contribution in [0.1, 0.15) is 23.0 Å². The molecule has 1 aromatic heterocycles. The van der Waals surface area contributed by atoms with Gasteiger partial charge in [-0.05, 0) is 19.1 Å². The zero-order chi connectivity index (χ0) is 15.1. The highest BCUT2D eigenvalue weighted by Gasteiger charge is 2.36. The lowest BCUT2D eigenvalue weighted by Gasteiger charge is -2.06. The standard InChI is InChI=1S/C14H10Cl2O4S/c1-6-4-9(13(17)19-6)20-14(18)12-11(16)8-3-2-7(15)5-10(8)21-12/h2-3,5-6,9H,4H2,1H3/t6-,9+/m0/s1. The Hall–Kier alpha value is -1.30. The molecular formula is C14H10Cl2O4S. The first kappa shape index (κ1) is 14.6. The van der Waals surface area contributed by atoms with E-state index in [4.69, 9.17) is 32.7 Å². The van der Waals surface area contributed by atoms with Gasteiger partial charge < -0.3 is 9.47 Å². The topological polar surface area (TPSA) is 52.6 Å². The minimum absolute atomic E-state index is 0.244. The lowest BCUT2D eigenvalue weighted by molar-refractivity contribution is -0.147. The summed E-state index contributed by atoms with van der Waals surface area (Å²) in [6.07, 6.45) is -0.747. The number of ether oxygens (including phenoxy) is 2. The average molecular weight is 345 g/mol. The van der Waals surface area contributed by atoms with Gasteiger partial charge in [0, 0.05) is 21.5 Å². The summed E-state index contributed by atoms with van der Waals surface area (Å²) in [5.41, 5.74) is 0. The fourth-order valence-electron chi connectivity index (χ4n) is 2.17. The number of cyclic esters (lactones) is 1. The van der Waals surface area contributed by atoms with E-state index >= 15 is 0 Å². The SMILES string of the molecule is C[C@H]1C[C@@H](OC(=O)c2sc3cc(Cl)ccc3c2Cl)C(=O)O1. The monoisotopic (exact) mass is 344 g/mol. The van der Waals surface area contributed by atoms with Crippen LogP contribution in [0.15, 0.2) is 18.2 Å². The first-order valence-corrected chi connectivity index (χ1v) is 7.82. The molecule has 0 aliphatic carbocycles. The first-order chi connectivity index (χ1) is 9.95. The molecule has 0 unspecified atom stereocenters. The molecule has 4 nitrogen and oxygen atoms in total. The van der Waals surface area contributed by atoms with Crippen molar-refractivity contribution in [1.82, 2.24) is 0 Å². The molecule has 0 N–H and O–H groups in total. The molecule has 7 heteroatoms. The van der Waals surface area contributed by atoms with Gasteiger partial charge in [-0.15, -0.1) is 11.3 Å². The second kappa shape index (κ2) is 5.48. The molecule has 0 spiro atoms.